The number of hydrogen-bond donors (Lipinski definition) is 1. The molecule has 1 fully saturated rings. The lowest BCUT2D eigenvalue weighted by Gasteiger charge is -2.38. The number of aromatic amines is 1. The van der Waals surface area contributed by atoms with Gasteiger partial charge in [0.15, 0.2) is 0 Å². The molecule has 4 aromatic rings. The van der Waals surface area contributed by atoms with Crippen molar-refractivity contribution in [2.24, 2.45) is 0 Å². The number of benzene rings is 3. The van der Waals surface area contributed by atoms with Gasteiger partial charge in [0.2, 0.25) is 5.91 Å². The Labute approximate surface area is 209 Å². The van der Waals surface area contributed by atoms with Crippen LogP contribution in [0.4, 0.5) is 5.69 Å². The first-order chi connectivity index (χ1) is 16.6. The molecule has 1 aliphatic heterocycles. The molecule has 2 heterocycles. The third kappa shape index (κ3) is 5.02. The molecule has 34 heavy (non-hydrogen) atoms. The molecule has 3 aromatic carbocycles. The average Bonchev–Trinajstić information content (AvgIpc) is 3.38. The van der Waals surface area contributed by atoms with Gasteiger partial charge in [-0.25, -0.2) is 4.98 Å². The molecule has 1 aromatic heterocycles. The molecule has 0 radical (unpaired) electrons. The van der Waals surface area contributed by atoms with Crippen LogP contribution in [0.15, 0.2) is 85.3 Å². The minimum atomic E-state index is 0.0225. The van der Waals surface area contributed by atoms with Gasteiger partial charge in [-0.15, -0.1) is 0 Å². The minimum Gasteiger partial charge on any atom is -0.347 e. The zero-order valence-electron chi connectivity index (χ0n) is 18.5. The average molecular weight is 491 g/mol. The highest BCUT2D eigenvalue weighted by Gasteiger charge is 2.31. The number of rotatable bonds is 6. The Hall–Kier alpha value is -3.12. The lowest BCUT2D eigenvalue weighted by Crippen LogP contribution is -2.51. The highest BCUT2D eigenvalue weighted by Crippen LogP contribution is 2.29. The second-order valence-electron chi connectivity index (χ2n) is 8.43. The fourth-order valence-corrected chi connectivity index (χ4v) is 4.77. The summed E-state index contributed by atoms with van der Waals surface area (Å²) in [5.74, 6) is 0.0659. The molecule has 1 N–H and O–H groups in total. The van der Waals surface area contributed by atoms with Crippen LogP contribution in [-0.4, -0.2) is 40.4 Å². The van der Waals surface area contributed by atoms with Gasteiger partial charge in [-0.05, 0) is 53.4 Å². The van der Waals surface area contributed by atoms with Gasteiger partial charge in [-0.2, -0.15) is 0 Å². The van der Waals surface area contributed by atoms with Crippen LogP contribution in [0.5, 0.6) is 0 Å². The number of piperazine rings is 1. The number of amides is 1. The van der Waals surface area contributed by atoms with E-state index in [0.717, 1.165) is 40.5 Å². The van der Waals surface area contributed by atoms with E-state index in [0.29, 0.717) is 18.1 Å². The monoisotopic (exact) mass is 490 g/mol. The van der Waals surface area contributed by atoms with E-state index < -0.39 is 0 Å². The molecule has 1 unspecified atom stereocenters. The van der Waals surface area contributed by atoms with Gasteiger partial charge in [0.1, 0.15) is 0 Å². The van der Waals surface area contributed by atoms with E-state index in [2.05, 4.69) is 39.1 Å². The first-order valence-electron chi connectivity index (χ1n) is 11.2. The molecule has 172 valence electrons. The van der Waals surface area contributed by atoms with Crippen LogP contribution in [0.1, 0.15) is 17.3 Å². The van der Waals surface area contributed by atoms with Gasteiger partial charge in [0.25, 0.3) is 0 Å². The molecule has 5 nitrogen and oxygen atoms in total. The molecular formula is C27H24Cl2N4O. The first kappa shape index (κ1) is 22.7. The third-order valence-corrected chi connectivity index (χ3v) is 6.74. The first-order valence-corrected chi connectivity index (χ1v) is 12.0. The number of nitrogens with one attached hydrogen (secondary N) is 1. The molecular weight excluding hydrogens is 467 g/mol. The molecule has 1 amide bonds. The number of carbonyl (C=O) groups is 1. The number of imidazole rings is 1. The molecule has 0 spiro atoms. The van der Waals surface area contributed by atoms with Gasteiger partial charge in [0, 0.05) is 35.0 Å². The van der Waals surface area contributed by atoms with Crippen molar-refractivity contribution >= 4 is 34.8 Å². The van der Waals surface area contributed by atoms with Crippen molar-refractivity contribution in [1.29, 1.82) is 0 Å². The summed E-state index contributed by atoms with van der Waals surface area (Å²) in [5, 5.41) is 1.36. The molecule has 0 bridgehead atoms. The summed E-state index contributed by atoms with van der Waals surface area (Å²) in [6.07, 6.45) is 4.31. The largest absolute Gasteiger partial charge is 0.347 e. The van der Waals surface area contributed by atoms with E-state index >= 15 is 0 Å². The standard InChI is InChI=1S/C27H24Cl2N4O/c28-22-10-8-21(9-11-22)20-6-4-19(5-7-20)14-26(25-16-30-18-31-25)32-12-13-33(27(34)17-32)24-3-1-2-23(29)15-24/h1-11,15-16,18,26H,12-14,17H2,(H,30,31). The lowest BCUT2D eigenvalue weighted by molar-refractivity contribution is -0.122. The molecule has 1 aliphatic rings. The van der Waals surface area contributed by atoms with Gasteiger partial charge in [0.05, 0.1) is 24.6 Å². The fourth-order valence-electron chi connectivity index (χ4n) is 4.46. The lowest BCUT2D eigenvalue weighted by atomic mass is 9.98. The Morgan fingerprint density at radius 1 is 0.912 bits per heavy atom. The number of carbonyl (C=O) groups excluding carboxylic acids is 1. The van der Waals surface area contributed by atoms with E-state index in [1.807, 2.05) is 59.6 Å². The topological polar surface area (TPSA) is 52.2 Å². The summed E-state index contributed by atoms with van der Waals surface area (Å²) in [6.45, 7) is 1.70. The number of aromatic nitrogens is 2. The Kier molecular flexibility index (Phi) is 6.68. The van der Waals surface area contributed by atoms with Crippen LogP contribution in [-0.2, 0) is 11.2 Å². The SMILES string of the molecule is O=C1CN(C(Cc2ccc(-c3ccc(Cl)cc3)cc2)c2cnc[nH]2)CCN1c1cccc(Cl)c1. The number of hydrogen-bond acceptors (Lipinski definition) is 3. The Morgan fingerprint density at radius 3 is 2.29 bits per heavy atom. The zero-order valence-corrected chi connectivity index (χ0v) is 20.0. The fraction of sp³-hybridized carbons (Fsp3) is 0.185. The maximum Gasteiger partial charge on any atom is 0.241 e. The van der Waals surface area contributed by atoms with E-state index in [-0.39, 0.29) is 11.9 Å². The summed E-state index contributed by atoms with van der Waals surface area (Å²) in [7, 11) is 0. The van der Waals surface area contributed by atoms with Gasteiger partial charge >= 0.3 is 0 Å². The Bertz CT molecular complexity index is 1260. The van der Waals surface area contributed by atoms with Gasteiger partial charge in [-0.1, -0.05) is 65.7 Å². The summed E-state index contributed by atoms with van der Waals surface area (Å²) in [5.41, 5.74) is 5.31. The van der Waals surface area contributed by atoms with Crippen LogP contribution in [0, 0.1) is 0 Å². The van der Waals surface area contributed by atoms with E-state index in [1.165, 1.54) is 5.56 Å². The van der Waals surface area contributed by atoms with Crippen molar-refractivity contribution in [1.82, 2.24) is 14.9 Å². The molecule has 0 saturated carbocycles. The van der Waals surface area contributed by atoms with Crippen molar-refractivity contribution in [3.05, 3.63) is 107 Å². The van der Waals surface area contributed by atoms with Crippen LogP contribution in [0.25, 0.3) is 11.1 Å². The summed E-state index contributed by atoms with van der Waals surface area (Å²) in [4.78, 5) is 24.6. The van der Waals surface area contributed by atoms with E-state index in [1.54, 1.807) is 6.33 Å². The maximum absolute atomic E-state index is 13.1. The quantitative estimate of drug-likeness (QED) is 0.359. The number of nitrogens with zero attached hydrogens (tertiary/aromatic N) is 3. The number of H-pyrrole nitrogens is 1. The molecule has 1 saturated heterocycles. The van der Waals surface area contributed by atoms with Crippen molar-refractivity contribution < 1.29 is 4.79 Å². The summed E-state index contributed by atoms with van der Waals surface area (Å²) < 4.78 is 0. The van der Waals surface area contributed by atoms with E-state index in [4.69, 9.17) is 23.2 Å². The van der Waals surface area contributed by atoms with Crippen LogP contribution in [0.3, 0.4) is 0 Å². The van der Waals surface area contributed by atoms with Crippen LogP contribution in [0.2, 0.25) is 10.0 Å². The number of halogens is 2. The highest BCUT2D eigenvalue weighted by molar-refractivity contribution is 6.31. The van der Waals surface area contributed by atoms with Crippen molar-refractivity contribution in [2.75, 3.05) is 24.5 Å². The van der Waals surface area contributed by atoms with Crippen LogP contribution < -0.4 is 4.90 Å². The second kappa shape index (κ2) is 10.0. The Balaban J connectivity index is 1.33. The zero-order chi connectivity index (χ0) is 23.5. The van der Waals surface area contributed by atoms with Crippen LogP contribution >= 0.6 is 23.2 Å². The molecule has 1 atom stereocenters. The van der Waals surface area contributed by atoms with Crippen molar-refractivity contribution in [2.45, 2.75) is 12.5 Å². The number of anilines is 1. The minimum absolute atomic E-state index is 0.0225. The molecule has 7 heteroatoms. The highest BCUT2D eigenvalue weighted by atomic mass is 35.5. The van der Waals surface area contributed by atoms with Gasteiger partial charge in [-0.3, -0.25) is 9.69 Å². The van der Waals surface area contributed by atoms with Gasteiger partial charge < -0.3 is 9.88 Å². The molecule has 0 aliphatic carbocycles. The second-order valence-corrected chi connectivity index (χ2v) is 9.30. The third-order valence-electron chi connectivity index (χ3n) is 6.25. The smallest absolute Gasteiger partial charge is 0.241 e. The molecule has 5 rings (SSSR count). The summed E-state index contributed by atoms with van der Waals surface area (Å²) in [6, 6.07) is 23.9. The predicted octanol–water partition coefficient (Wildman–Crippen LogP) is 6.02. The maximum atomic E-state index is 13.1. The summed E-state index contributed by atoms with van der Waals surface area (Å²) >= 11 is 12.2. The van der Waals surface area contributed by atoms with E-state index in [9.17, 15) is 4.79 Å². The predicted molar refractivity (Wildman–Crippen MR) is 137 cm³/mol. The van der Waals surface area contributed by atoms with Crippen molar-refractivity contribution in [3.63, 3.8) is 0 Å². The normalized spacial score (nSPS) is 15.5. The van der Waals surface area contributed by atoms with Crippen molar-refractivity contribution in [3.8, 4) is 11.1 Å². The Morgan fingerprint density at radius 2 is 1.65 bits per heavy atom.